The maximum Gasteiger partial charge on any atom is 0.498 e. The number of carbonyl (C=O) groups is 1. The molecule has 2 rings (SSSR count). The number of hydrogen-bond donors (Lipinski definition) is 0. The summed E-state index contributed by atoms with van der Waals surface area (Å²) in [6, 6.07) is 3.71. The van der Waals surface area contributed by atoms with Gasteiger partial charge >= 0.3 is 13.1 Å². The second kappa shape index (κ2) is 7.49. The molecule has 6 nitrogen and oxygen atoms in total. The van der Waals surface area contributed by atoms with Gasteiger partial charge in [0.25, 0.3) is 0 Å². The molecule has 26 heavy (non-hydrogen) atoms. The quantitative estimate of drug-likeness (QED) is 0.571. The Kier molecular flexibility index (Phi) is 5.93. The molecule has 144 valence electrons. The van der Waals surface area contributed by atoms with E-state index in [1.165, 1.54) is 6.92 Å². The third-order valence-electron chi connectivity index (χ3n) is 5.02. The Hall–Kier alpha value is -1.73. The zero-order valence-corrected chi connectivity index (χ0v) is 17.0. The number of esters is 1. The highest BCUT2D eigenvalue weighted by Crippen LogP contribution is 2.38. The molecule has 1 aliphatic heterocycles. The van der Waals surface area contributed by atoms with Crippen molar-refractivity contribution in [2.24, 2.45) is 0 Å². The first kappa shape index (κ1) is 20.6. The highest BCUT2D eigenvalue weighted by atomic mass is 16.7. The van der Waals surface area contributed by atoms with E-state index in [2.05, 4.69) is 0 Å². The predicted octanol–water partition coefficient (Wildman–Crippen LogP) is 2.50. The van der Waals surface area contributed by atoms with Crippen LogP contribution in [-0.4, -0.2) is 44.6 Å². The lowest BCUT2D eigenvalue weighted by molar-refractivity contribution is -0.145. The van der Waals surface area contributed by atoms with E-state index >= 15 is 0 Å². The molecule has 1 fully saturated rings. The van der Waals surface area contributed by atoms with Gasteiger partial charge in [-0.05, 0) is 46.2 Å². The van der Waals surface area contributed by atoms with Gasteiger partial charge in [0.2, 0.25) is 0 Å². The Morgan fingerprint density at radius 2 is 1.69 bits per heavy atom. The summed E-state index contributed by atoms with van der Waals surface area (Å²) in [5, 5.41) is 0. The Labute approximate surface area is 156 Å². The van der Waals surface area contributed by atoms with Crippen LogP contribution in [0.3, 0.4) is 0 Å². The molecule has 0 bridgehead atoms. The van der Waals surface area contributed by atoms with Crippen LogP contribution in [0.4, 0.5) is 0 Å². The maximum atomic E-state index is 11.3. The fraction of sp³-hybridized carbons (Fsp3) is 0.632. The average Bonchev–Trinajstić information content (AvgIpc) is 2.73. The van der Waals surface area contributed by atoms with Crippen LogP contribution in [0.25, 0.3) is 0 Å². The van der Waals surface area contributed by atoms with Crippen molar-refractivity contribution in [2.45, 2.75) is 65.3 Å². The molecule has 1 saturated heterocycles. The maximum absolute atomic E-state index is 11.3. The van der Waals surface area contributed by atoms with E-state index in [1.54, 1.807) is 20.3 Å². The normalized spacial score (nSPS) is 19.2. The Morgan fingerprint density at radius 1 is 1.12 bits per heavy atom. The van der Waals surface area contributed by atoms with Gasteiger partial charge in [-0.15, -0.1) is 0 Å². The molecule has 0 radical (unpaired) electrons. The zero-order chi connectivity index (χ0) is 19.7. The van der Waals surface area contributed by atoms with Crippen molar-refractivity contribution in [3.05, 3.63) is 17.7 Å². The summed E-state index contributed by atoms with van der Waals surface area (Å²) in [6.07, 6.45) is 0.192. The molecule has 1 aromatic carbocycles. The number of carbonyl (C=O) groups excluding carboxylic acids is 1. The molecule has 0 N–H and O–H groups in total. The van der Waals surface area contributed by atoms with Crippen molar-refractivity contribution in [1.82, 2.24) is 0 Å². The van der Waals surface area contributed by atoms with Crippen LogP contribution < -0.4 is 14.9 Å². The van der Waals surface area contributed by atoms with E-state index in [1.807, 2.05) is 40.7 Å². The van der Waals surface area contributed by atoms with Crippen molar-refractivity contribution >= 4 is 18.6 Å². The third kappa shape index (κ3) is 4.15. The summed E-state index contributed by atoms with van der Waals surface area (Å²) in [6.45, 7) is 11.3. The molecule has 7 heteroatoms. The molecule has 0 aromatic heterocycles. The lowest BCUT2D eigenvalue weighted by Crippen LogP contribution is -2.41. The third-order valence-corrected chi connectivity index (χ3v) is 5.02. The van der Waals surface area contributed by atoms with Crippen molar-refractivity contribution in [2.75, 3.05) is 14.2 Å². The van der Waals surface area contributed by atoms with Crippen molar-refractivity contribution < 1.29 is 28.3 Å². The number of benzene rings is 1. The zero-order valence-electron chi connectivity index (χ0n) is 17.0. The molecular weight excluding hydrogens is 335 g/mol. The highest BCUT2D eigenvalue weighted by molar-refractivity contribution is 6.63. The summed E-state index contributed by atoms with van der Waals surface area (Å²) >= 11 is 0. The molecule has 1 atom stereocenters. The molecule has 0 unspecified atom stereocenters. The van der Waals surface area contributed by atoms with Gasteiger partial charge in [-0.2, -0.15) is 0 Å². The number of methoxy groups -OCH3 is 2. The average molecular weight is 364 g/mol. The summed E-state index contributed by atoms with van der Waals surface area (Å²) in [5.74, 6) is 0.963. The van der Waals surface area contributed by atoms with E-state index in [-0.39, 0.29) is 12.1 Å². The van der Waals surface area contributed by atoms with Crippen molar-refractivity contribution in [3.63, 3.8) is 0 Å². The number of hydrogen-bond acceptors (Lipinski definition) is 6. The van der Waals surface area contributed by atoms with Gasteiger partial charge in [0.15, 0.2) is 0 Å². The van der Waals surface area contributed by atoms with E-state index in [0.717, 1.165) is 11.0 Å². The van der Waals surface area contributed by atoms with Gasteiger partial charge in [-0.25, -0.2) is 0 Å². The fourth-order valence-electron chi connectivity index (χ4n) is 2.98. The van der Waals surface area contributed by atoms with Gasteiger partial charge in [0.1, 0.15) is 17.6 Å². The van der Waals surface area contributed by atoms with Crippen LogP contribution in [0.5, 0.6) is 11.5 Å². The SMILES string of the molecule is COc1cc(C[C@H](C)OC(C)=O)c(B2OC(C)(C)C(C)(C)O2)c(OC)c1. The highest BCUT2D eigenvalue weighted by Gasteiger charge is 2.53. The predicted molar refractivity (Wildman–Crippen MR) is 100 cm³/mol. The fourth-order valence-corrected chi connectivity index (χ4v) is 2.98. The van der Waals surface area contributed by atoms with E-state index in [0.29, 0.717) is 17.9 Å². The molecule has 1 aromatic rings. The van der Waals surface area contributed by atoms with Gasteiger partial charge in [0, 0.05) is 24.9 Å². The molecule has 0 aliphatic carbocycles. The lowest BCUT2D eigenvalue weighted by Gasteiger charge is -2.32. The molecule has 0 saturated carbocycles. The van der Waals surface area contributed by atoms with Gasteiger partial charge in [-0.3, -0.25) is 4.79 Å². The Bertz CT molecular complexity index is 654. The molecule has 1 heterocycles. The second-order valence-electron chi connectivity index (χ2n) is 7.61. The largest absolute Gasteiger partial charge is 0.498 e. The van der Waals surface area contributed by atoms with Crippen LogP contribution in [-0.2, 0) is 25.3 Å². The first-order chi connectivity index (χ1) is 12.0. The standard InChI is InChI=1S/C19H29BO6/c1-12(24-13(2)21)9-14-10-15(22-7)11-16(23-8)17(14)20-25-18(3,4)19(5,6)26-20/h10-12H,9H2,1-8H3/t12-/m0/s1. The van der Waals surface area contributed by atoms with E-state index < -0.39 is 18.3 Å². The monoisotopic (exact) mass is 364 g/mol. The van der Waals surface area contributed by atoms with Crippen LogP contribution >= 0.6 is 0 Å². The molecule has 0 amide bonds. The minimum Gasteiger partial charge on any atom is -0.497 e. The first-order valence-electron chi connectivity index (χ1n) is 8.78. The summed E-state index contributed by atoms with van der Waals surface area (Å²) < 4.78 is 28.7. The topological polar surface area (TPSA) is 63.2 Å². The minimum atomic E-state index is -0.583. The van der Waals surface area contributed by atoms with Crippen molar-refractivity contribution in [1.29, 1.82) is 0 Å². The van der Waals surface area contributed by atoms with Crippen molar-refractivity contribution in [3.8, 4) is 11.5 Å². The number of rotatable bonds is 6. The van der Waals surface area contributed by atoms with Gasteiger partial charge in [-0.1, -0.05) is 0 Å². The van der Waals surface area contributed by atoms with Crippen LogP contribution in [0.1, 0.15) is 47.1 Å². The van der Waals surface area contributed by atoms with Crippen LogP contribution in [0.15, 0.2) is 12.1 Å². The summed E-state index contributed by atoms with van der Waals surface area (Å²) in [4.78, 5) is 11.3. The van der Waals surface area contributed by atoms with Gasteiger partial charge < -0.3 is 23.5 Å². The first-order valence-corrected chi connectivity index (χ1v) is 8.78. The summed E-state index contributed by atoms with van der Waals surface area (Å²) in [5.41, 5.74) is 0.752. The smallest absolute Gasteiger partial charge is 0.497 e. The lowest BCUT2D eigenvalue weighted by atomic mass is 9.74. The van der Waals surface area contributed by atoms with Crippen LogP contribution in [0.2, 0.25) is 0 Å². The molecule has 1 aliphatic rings. The number of ether oxygens (including phenoxy) is 3. The minimum absolute atomic E-state index is 0.300. The van der Waals surface area contributed by atoms with Crippen LogP contribution in [0, 0.1) is 0 Å². The van der Waals surface area contributed by atoms with E-state index in [4.69, 9.17) is 23.5 Å². The summed E-state index contributed by atoms with van der Waals surface area (Å²) in [7, 11) is 2.62. The Balaban J connectivity index is 2.47. The second-order valence-corrected chi connectivity index (χ2v) is 7.61. The van der Waals surface area contributed by atoms with Gasteiger partial charge in [0.05, 0.1) is 25.4 Å². The molecule has 0 spiro atoms. The van der Waals surface area contributed by atoms with E-state index in [9.17, 15) is 4.79 Å². The Morgan fingerprint density at radius 3 is 2.15 bits per heavy atom. The molecular formula is C19H29BO6.